The van der Waals surface area contributed by atoms with Crippen LogP contribution >= 0.6 is 0 Å². The molecule has 1 N–H and O–H groups in total. The Hall–Kier alpha value is -4.85. The molecule has 4 aromatic rings. The number of hydrogen-bond acceptors (Lipinski definition) is 5. The Morgan fingerprint density at radius 2 is 1.43 bits per heavy atom. The van der Waals surface area contributed by atoms with E-state index in [1.54, 1.807) is 30.3 Å². The predicted octanol–water partition coefficient (Wildman–Crippen LogP) is 4.58. The Labute approximate surface area is 198 Å². The summed E-state index contributed by atoms with van der Waals surface area (Å²) in [6, 6.07) is 21.9. The van der Waals surface area contributed by atoms with Crippen LogP contribution in [-0.2, 0) is 9.53 Å². The van der Waals surface area contributed by atoms with Crippen LogP contribution in [0, 0.1) is 5.82 Å². The summed E-state index contributed by atoms with van der Waals surface area (Å²) in [6.07, 6.45) is 0. The Kier molecular flexibility index (Phi) is 5.54. The number of halogens is 1. The van der Waals surface area contributed by atoms with Crippen LogP contribution in [0.5, 0.6) is 0 Å². The van der Waals surface area contributed by atoms with Gasteiger partial charge in [-0.3, -0.25) is 14.4 Å². The van der Waals surface area contributed by atoms with Crippen LogP contribution in [0.15, 0.2) is 84.9 Å². The van der Waals surface area contributed by atoms with E-state index in [1.165, 1.54) is 42.5 Å². The van der Waals surface area contributed by atoms with Gasteiger partial charge in [0.1, 0.15) is 5.82 Å². The summed E-state index contributed by atoms with van der Waals surface area (Å²) in [5.41, 5.74) is 1.22. The Morgan fingerprint density at radius 3 is 2.06 bits per heavy atom. The molecule has 4 aromatic carbocycles. The predicted molar refractivity (Wildman–Crippen MR) is 127 cm³/mol. The van der Waals surface area contributed by atoms with E-state index in [-0.39, 0.29) is 11.3 Å². The van der Waals surface area contributed by atoms with Crippen molar-refractivity contribution in [1.82, 2.24) is 0 Å². The average Bonchev–Trinajstić information content (AvgIpc) is 2.87. The number of anilines is 2. The zero-order valence-corrected chi connectivity index (χ0v) is 18.2. The highest BCUT2D eigenvalue weighted by atomic mass is 19.1. The first kappa shape index (κ1) is 22.0. The van der Waals surface area contributed by atoms with E-state index in [9.17, 15) is 23.6 Å². The van der Waals surface area contributed by atoms with E-state index in [4.69, 9.17) is 4.74 Å². The molecule has 7 nitrogen and oxygen atoms in total. The first-order valence-electron chi connectivity index (χ1n) is 10.7. The third-order valence-corrected chi connectivity index (χ3v) is 5.62. The maximum Gasteiger partial charge on any atom is 0.338 e. The second-order valence-electron chi connectivity index (χ2n) is 7.81. The van der Waals surface area contributed by atoms with Gasteiger partial charge < -0.3 is 10.1 Å². The molecule has 0 aliphatic carbocycles. The van der Waals surface area contributed by atoms with Gasteiger partial charge in [0.25, 0.3) is 17.7 Å². The lowest BCUT2D eigenvalue weighted by molar-refractivity contribution is -0.119. The van der Waals surface area contributed by atoms with Crippen molar-refractivity contribution in [3.05, 3.63) is 107 Å². The van der Waals surface area contributed by atoms with Crippen LogP contribution in [0.4, 0.5) is 15.8 Å². The summed E-state index contributed by atoms with van der Waals surface area (Å²) in [6.45, 7) is -0.612. The van der Waals surface area contributed by atoms with E-state index < -0.39 is 36.1 Å². The fraction of sp³-hybridized carbons (Fsp3) is 0.0370. The zero-order chi connectivity index (χ0) is 24.5. The Balaban J connectivity index is 1.29. The van der Waals surface area contributed by atoms with E-state index in [2.05, 4.69) is 5.32 Å². The number of esters is 1. The number of nitrogens with one attached hydrogen (secondary N) is 1. The van der Waals surface area contributed by atoms with E-state index in [1.807, 2.05) is 12.1 Å². The van der Waals surface area contributed by atoms with Crippen LogP contribution in [0.25, 0.3) is 10.8 Å². The molecule has 5 rings (SSSR count). The number of carbonyl (C=O) groups is 4. The smallest absolute Gasteiger partial charge is 0.338 e. The third-order valence-electron chi connectivity index (χ3n) is 5.62. The summed E-state index contributed by atoms with van der Waals surface area (Å²) >= 11 is 0. The van der Waals surface area contributed by atoms with Crippen LogP contribution < -0.4 is 10.2 Å². The van der Waals surface area contributed by atoms with Crippen molar-refractivity contribution in [2.24, 2.45) is 0 Å². The molecule has 0 saturated carbocycles. The largest absolute Gasteiger partial charge is 0.452 e. The van der Waals surface area contributed by atoms with E-state index in [0.29, 0.717) is 22.2 Å². The molecular weight excluding hydrogens is 451 g/mol. The molecule has 0 spiro atoms. The second kappa shape index (κ2) is 8.83. The number of amides is 3. The van der Waals surface area contributed by atoms with Crippen LogP contribution in [0.2, 0.25) is 0 Å². The van der Waals surface area contributed by atoms with Gasteiger partial charge in [0.05, 0.1) is 16.9 Å². The quantitative estimate of drug-likeness (QED) is 0.342. The van der Waals surface area contributed by atoms with Crippen molar-refractivity contribution in [3.8, 4) is 0 Å². The molecule has 0 bridgehead atoms. The van der Waals surface area contributed by atoms with Gasteiger partial charge in [-0.05, 0) is 53.9 Å². The van der Waals surface area contributed by atoms with Gasteiger partial charge >= 0.3 is 5.97 Å². The molecule has 172 valence electrons. The maximum absolute atomic E-state index is 13.6. The topological polar surface area (TPSA) is 92.8 Å². The van der Waals surface area contributed by atoms with Crippen molar-refractivity contribution in [1.29, 1.82) is 0 Å². The monoisotopic (exact) mass is 468 g/mol. The summed E-state index contributed by atoms with van der Waals surface area (Å²) in [5, 5.41) is 3.75. The molecule has 0 radical (unpaired) electrons. The SMILES string of the molecule is O=C(COC(=O)c1ccc(N2C(=O)c3cccc4cccc(c34)C2=O)cc1)Nc1ccccc1F. The highest BCUT2D eigenvalue weighted by Gasteiger charge is 2.33. The minimum atomic E-state index is -0.786. The van der Waals surface area contributed by atoms with Gasteiger partial charge in [0.2, 0.25) is 0 Å². The number of ether oxygens (including phenoxy) is 1. The summed E-state index contributed by atoms with van der Waals surface area (Å²) in [4.78, 5) is 51.6. The number of para-hydroxylation sites is 1. The summed E-state index contributed by atoms with van der Waals surface area (Å²) in [7, 11) is 0. The fourth-order valence-electron chi connectivity index (χ4n) is 3.97. The molecule has 0 atom stereocenters. The fourth-order valence-corrected chi connectivity index (χ4v) is 3.97. The highest BCUT2D eigenvalue weighted by Crippen LogP contribution is 2.32. The van der Waals surface area contributed by atoms with Gasteiger partial charge in [-0.2, -0.15) is 0 Å². The molecule has 0 aromatic heterocycles. The summed E-state index contributed by atoms with van der Waals surface area (Å²) in [5.74, 6) is -3.01. The maximum atomic E-state index is 13.6. The van der Waals surface area contributed by atoms with Gasteiger partial charge in [-0.25, -0.2) is 14.1 Å². The number of carbonyl (C=O) groups excluding carboxylic acids is 4. The molecule has 0 unspecified atom stereocenters. The van der Waals surface area contributed by atoms with Crippen molar-refractivity contribution in [3.63, 3.8) is 0 Å². The molecule has 8 heteroatoms. The van der Waals surface area contributed by atoms with Crippen molar-refractivity contribution in [2.75, 3.05) is 16.8 Å². The molecule has 0 fully saturated rings. The lowest BCUT2D eigenvalue weighted by atomic mass is 9.94. The summed E-state index contributed by atoms with van der Waals surface area (Å²) < 4.78 is 18.6. The first-order valence-corrected chi connectivity index (χ1v) is 10.7. The van der Waals surface area contributed by atoms with Gasteiger partial charge in [-0.1, -0.05) is 36.4 Å². The van der Waals surface area contributed by atoms with Crippen molar-refractivity contribution >= 4 is 45.8 Å². The van der Waals surface area contributed by atoms with Gasteiger partial charge in [-0.15, -0.1) is 0 Å². The van der Waals surface area contributed by atoms with Crippen molar-refractivity contribution < 1.29 is 28.3 Å². The normalized spacial score (nSPS) is 12.5. The van der Waals surface area contributed by atoms with Crippen LogP contribution in [0.3, 0.4) is 0 Å². The number of rotatable bonds is 5. The lowest BCUT2D eigenvalue weighted by Crippen LogP contribution is -2.40. The number of imide groups is 1. The van der Waals surface area contributed by atoms with E-state index >= 15 is 0 Å². The second-order valence-corrected chi connectivity index (χ2v) is 7.81. The number of hydrogen-bond donors (Lipinski definition) is 1. The van der Waals surface area contributed by atoms with Crippen LogP contribution in [-0.4, -0.2) is 30.3 Å². The zero-order valence-electron chi connectivity index (χ0n) is 18.2. The third kappa shape index (κ3) is 4.02. The Bertz CT molecular complexity index is 1460. The molecule has 3 amide bonds. The minimum absolute atomic E-state index is 0.0222. The van der Waals surface area contributed by atoms with Crippen LogP contribution in [0.1, 0.15) is 31.1 Å². The van der Waals surface area contributed by atoms with Gasteiger partial charge in [0.15, 0.2) is 6.61 Å². The molecule has 0 saturated heterocycles. The molecule has 1 aliphatic rings. The molecule has 1 aliphatic heterocycles. The first-order chi connectivity index (χ1) is 16.9. The standard InChI is InChI=1S/C27H17FN2O5/c28-21-9-1-2-10-22(21)29-23(31)15-35-27(34)17-11-13-18(14-12-17)30-25(32)19-7-3-5-16-6-4-8-20(24(16)19)26(30)33/h1-14H,15H2,(H,29,31). The molecule has 35 heavy (non-hydrogen) atoms. The number of benzene rings is 4. The van der Waals surface area contributed by atoms with Gasteiger partial charge in [0, 0.05) is 16.5 Å². The molecular formula is C27H17FN2O5. The Morgan fingerprint density at radius 1 is 0.800 bits per heavy atom. The minimum Gasteiger partial charge on any atom is -0.452 e. The average molecular weight is 468 g/mol. The number of nitrogens with zero attached hydrogens (tertiary/aromatic N) is 1. The van der Waals surface area contributed by atoms with Crippen molar-refractivity contribution in [2.45, 2.75) is 0 Å². The lowest BCUT2D eigenvalue weighted by Gasteiger charge is -2.27. The molecule has 1 heterocycles. The highest BCUT2D eigenvalue weighted by molar-refractivity contribution is 6.35. The van der Waals surface area contributed by atoms with E-state index in [0.717, 1.165) is 10.3 Å².